The maximum absolute atomic E-state index is 6.06. The maximum atomic E-state index is 6.06. The fraction of sp³-hybridized carbons (Fsp3) is 0.182. The number of aliphatic imine (C=N–C) groups is 1. The summed E-state index contributed by atoms with van der Waals surface area (Å²) in [5, 5.41) is 4.56. The summed E-state index contributed by atoms with van der Waals surface area (Å²) in [6.07, 6.45) is 0. The Kier molecular flexibility index (Phi) is 3.82. The number of halogens is 3. The zero-order chi connectivity index (χ0) is 12.4. The predicted octanol–water partition coefficient (Wildman–Crippen LogP) is 3.79. The maximum Gasteiger partial charge on any atom is 0.203 e. The predicted molar refractivity (Wildman–Crippen MR) is 74.1 cm³/mol. The molecule has 0 bridgehead atoms. The lowest BCUT2D eigenvalue weighted by molar-refractivity contribution is 0.596. The number of hydrogen-bond acceptors (Lipinski definition) is 3. The van der Waals surface area contributed by atoms with E-state index in [0.717, 1.165) is 0 Å². The van der Waals surface area contributed by atoms with Gasteiger partial charge >= 0.3 is 0 Å². The summed E-state index contributed by atoms with van der Waals surface area (Å²) in [4.78, 5) is 6.05. The second-order valence-electron chi connectivity index (χ2n) is 3.45. The van der Waals surface area contributed by atoms with Gasteiger partial charge in [0.05, 0.1) is 22.3 Å². The number of hydrogen-bond donors (Lipinski definition) is 1. The second-order valence-corrected chi connectivity index (χ2v) is 4.71. The van der Waals surface area contributed by atoms with E-state index in [1.54, 1.807) is 23.1 Å². The standard InChI is InChI=1S/C11H10Cl3N3/c1-7(12)17-6-5-15-11(17)16-10-8(13)3-2-4-9(10)14/h2-4H,1,5-6H2,(H,15,16). The molecule has 17 heavy (non-hydrogen) atoms. The molecule has 1 aliphatic heterocycles. The highest BCUT2D eigenvalue weighted by molar-refractivity contribution is 6.40. The van der Waals surface area contributed by atoms with Crippen molar-refractivity contribution in [2.24, 2.45) is 4.99 Å². The summed E-state index contributed by atoms with van der Waals surface area (Å²) in [7, 11) is 0. The first-order valence-corrected chi connectivity index (χ1v) is 6.10. The van der Waals surface area contributed by atoms with E-state index in [2.05, 4.69) is 16.9 Å². The molecule has 1 heterocycles. The van der Waals surface area contributed by atoms with E-state index >= 15 is 0 Å². The molecule has 1 aromatic carbocycles. The zero-order valence-corrected chi connectivity index (χ0v) is 11.1. The third-order valence-electron chi connectivity index (χ3n) is 2.33. The lowest BCUT2D eigenvalue weighted by Gasteiger charge is -2.20. The van der Waals surface area contributed by atoms with Gasteiger partial charge in [-0.15, -0.1) is 0 Å². The minimum absolute atomic E-state index is 0.414. The van der Waals surface area contributed by atoms with Crippen LogP contribution in [-0.4, -0.2) is 23.9 Å². The smallest absolute Gasteiger partial charge is 0.203 e. The third-order valence-corrected chi connectivity index (χ3v) is 3.17. The lowest BCUT2D eigenvalue weighted by Crippen LogP contribution is -2.30. The van der Waals surface area contributed by atoms with Crippen LogP contribution in [0.3, 0.4) is 0 Å². The van der Waals surface area contributed by atoms with Gasteiger partial charge in [-0.1, -0.05) is 47.4 Å². The molecule has 0 unspecified atom stereocenters. The van der Waals surface area contributed by atoms with Crippen LogP contribution in [0.4, 0.5) is 5.69 Å². The van der Waals surface area contributed by atoms with Gasteiger partial charge in [0.15, 0.2) is 0 Å². The van der Waals surface area contributed by atoms with E-state index in [1.165, 1.54) is 0 Å². The Hall–Kier alpha value is -0.900. The highest BCUT2D eigenvalue weighted by Crippen LogP contribution is 2.30. The number of guanidine groups is 1. The summed E-state index contributed by atoms with van der Waals surface area (Å²) in [6.45, 7) is 5.04. The molecule has 0 spiro atoms. The first-order chi connectivity index (χ1) is 8.09. The van der Waals surface area contributed by atoms with Gasteiger partial charge < -0.3 is 10.2 Å². The molecule has 1 N–H and O–H groups in total. The minimum atomic E-state index is 0.414. The molecule has 0 aliphatic carbocycles. The van der Waals surface area contributed by atoms with Crippen molar-refractivity contribution in [2.75, 3.05) is 18.4 Å². The molecule has 1 aromatic rings. The summed E-state index contributed by atoms with van der Waals surface area (Å²) in [5.41, 5.74) is 0.624. The van der Waals surface area contributed by atoms with Crippen LogP contribution in [0.15, 0.2) is 34.9 Å². The van der Waals surface area contributed by atoms with E-state index in [-0.39, 0.29) is 0 Å². The molecule has 90 valence electrons. The topological polar surface area (TPSA) is 27.6 Å². The summed E-state index contributed by atoms with van der Waals surface area (Å²) in [5.74, 6) is 0.611. The van der Waals surface area contributed by atoms with Crippen LogP contribution in [0, 0.1) is 0 Å². The Labute approximate surface area is 115 Å². The molecule has 0 aromatic heterocycles. The Bertz CT molecular complexity index is 465. The van der Waals surface area contributed by atoms with Crippen LogP contribution in [0.1, 0.15) is 0 Å². The van der Waals surface area contributed by atoms with Gasteiger partial charge in [-0.3, -0.25) is 4.99 Å². The van der Waals surface area contributed by atoms with Gasteiger partial charge in [0.25, 0.3) is 0 Å². The van der Waals surface area contributed by atoms with Gasteiger partial charge in [-0.25, -0.2) is 0 Å². The van der Waals surface area contributed by atoms with Crippen molar-refractivity contribution >= 4 is 46.4 Å². The fourth-order valence-electron chi connectivity index (χ4n) is 1.52. The van der Waals surface area contributed by atoms with Crippen molar-refractivity contribution in [3.63, 3.8) is 0 Å². The Morgan fingerprint density at radius 3 is 2.59 bits per heavy atom. The van der Waals surface area contributed by atoms with Crippen LogP contribution in [0.25, 0.3) is 0 Å². The summed E-state index contributed by atoms with van der Waals surface area (Å²) < 4.78 is 0. The first-order valence-electron chi connectivity index (χ1n) is 4.97. The highest BCUT2D eigenvalue weighted by atomic mass is 35.5. The quantitative estimate of drug-likeness (QED) is 0.839. The number of rotatable bonds is 2. The number of anilines is 1. The highest BCUT2D eigenvalue weighted by Gasteiger charge is 2.20. The van der Waals surface area contributed by atoms with Crippen molar-refractivity contribution in [1.29, 1.82) is 0 Å². The molecular formula is C11H10Cl3N3. The van der Waals surface area contributed by atoms with E-state index in [1.807, 2.05) is 0 Å². The van der Waals surface area contributed by atoms with Gasteiger partial charge in [0.1, 0.15) is 5.16 Å². The van der Waals surface area contributed by atoms with Crippen LogP contribution in [0.5, 0.6) is 0 Å². The molecular weight excluding hydrogens is 281 g/mol. The monoisotopic (exact) mass is 289 g/mol. The van der Waals surface area contributed by atoms with Crippen LogP contribution < -0.4 is 5.32 Å². The number of benzene rings is 1. The third kappa shape index (κ3) is 2.68. The first kappa shape index (κ1) is 12.6. The van der Waals surface area contributed by atoms with Crippen molar-refractivity contribution in [1.82, 2.24) is 4.90 Å². The average molecular weight is 291 g/mol. The molecule has 0 saturated carbocycles. The Morgan fingerprint density at radius 2 is 2.00 bits per heavy atom. The molecule has 0 fully saturated rings. The van der Waals surface area contributed by atoms with E-state index in [9.17, 15) is 0 Å². The normalized spacial score (nSPS) is 14.8. The van der Waals surface area contributed by atoms with Gasteiger partial charge in [0.2, 0.25) is 5.96 Å². The Balaban J connectivity index is 2.24. The molecule has 2 rings (SSSR count). The van der Waals surface area contributed by atoms with E-state index in [0.29, 0.717) is 39.9 Å². The van der Waals surface area contributed by atoms with E-state index < -0.39 is 0 Å². The fourth-order valence-corrected chi connectivity index (χ4v) is 2.18. The average Bonchev–Trinajstić information content (AvgIpc) is 2.72. The number of para-hydroxylation sites is 1. The van der Waals surface area contributed by atoms with Crippen molar-refractivity contribution < 1.29 is 0 Å². The van der Waals surface area contributed by atoms with E-state index in [4.69, 9.17) is 34.8 Å². The molecule has 0 saturated heterocycles. The summed E-state index contributed by atoms with van der Waals surface area (Å²) in [6, 6.07) is 5.29. The molecule has 3 nitrogen and oxygen atoms in total. The molecule has 0 amide bonds. The molecule has 0 atom stereocenters. The zero-order valence-electron chi connectivity index (χ0n) is 8.88. The number of nitrogens with one attached hydrogen (secondary N) is 1. The minimum Gasteiger partial charge on any atom is -0.323 e. The van der Waals surface area contributed by atoms with Gasteiger partial charge in [-0.05, 0) is 12.1 Å². The SMILES string of the molecule is C=C(Cl)N1CCN=C1Nc1c(Cl)cccc1Cl. The molecule has 6 heteroatoms. The van der Waals surface area contributed by atoms with Crippen LogP contribution in [-0.2, 0) is 0 Å². The molecule has 1 aliphatic rings. The van der Waals surface area contributed by atoms with Crippen LogP contribution in [0.2, 0.25) is 10.0 Å². The largest absolute Gasteiger partial charge is 0.323 e. The van der Waals surface area contributed by atoms with Crippen LogP contribution >= 0.6 is 34.8 Å². The van der Waals surface area contributed by atoms with Gasteiger partial charge in [-0.2, -0.15) is 0 Å². The van der Waals surface area contributed by atoms with Crippen molar-refractivity contribution in [2.45, 2.75) is 0 Å². The lowest BCUT2D eigenvalue weighted by atomic mass is 10.3. The summed E-state index contributed by atoms with van der Waals surface area (Å²) >= 11 is 18.0. The second kappa shape index (κ2) is 5.17. The molecule has 0 radical (unpaired) electrons. The van der Waals surface area contributed by atoms with Crippen molar-refractivity contribution in [3.8, 4) is 0 Å². The number of nitrogens with zero attached hydrogens (tertiary/aromatic N) is 2. The van der Waals surface area contributed by atoms with Crippen molar-refractivity contribution in [3.05, 3.63) is 40.0 Å². The Morgan fingerprint density at radius 1 is 1.35 bits per heavy atom. The van der Waals surface area contributed by atoms with Gasteiger partial charge in [0, 0.05) is 6.54 Å².